The molecule has 0 aliphatic carbocycles. The van der Waals surface area contributed by atoms with E-state index in [1.54, 1.807) is 18.3 Å². The molecule has 0 atom stereocenters. The number of nitrogens with zero attached hydrogens (tertiary/aromatic N) is 1. The first-order chi connectivity index (χ1) is 11.7. The van der Waals surface area contributed by atoms with E-state index in [1.165, 1.54) is 5.56 Å². The standard InChI is InChI=1S/C20H18N2O2/c1-2-14-7-9-15(10-8-14)13-21-22-20(24)18-11-16-5-3-4-6-17(16)12-19(18)23/h3-13,23H,2H2,1H3,(H,22,24)/b21-13+. The zero-order chi connectivity index (χ0) is 16.9. The van der Waals surface area contributed by atoms with Gasteiger partial charge in [-0.25, -0.2) is 5.43 Å². The molecule has 0 unspecified atom stereocenters. The molecule has 0 bridgehead atoms. The van der Waals surface area contributed by atoms with E-state index < -0.39 is 5.91 Å². The van der Waals surface area contributed by atoms with Crippen LogP contribution in [0.25, 0.3) is 10.8 Å². The Morgan fingerprint density at radius 2 is 1.75 bits per heavy atom. The minimum absolute atomic E-state index is 0.0614. The number of hydrogen-bond acceptors (Lipinski definition) is 3. The monoisotopic (exact) mass is 318 g/mol. The molecular weight excluding hydrogens is 300 g/mol. The molecule has 120 valence electrons. The average Bonchev–Trinajstić information content (AvgIpc) is 2.61. The average molecular weight is 318 g/mol. The van der Waals surface area contributed by atoms with Crippen molar-refractivity contribution in [3.05, 3.63) is 77.4 Å². The van der Waals surface area contributed by atoms with Gasteiger partial charge in [0.1, 0.15) is 5.75 Å². The van der Waals surface area contributed by atoms with Gasteiger partial charge in [0.05, 0.1) is 11.8 Å². The summed E-state index contributed by atoms with van der Waals surface area (Å²) in [5.41, 5.74) is 4.80. The lowest BCUT2D eigenvalue weighted by molar-refractivity contribution is 0.0952. The number of amides is 1. The molecule has 3 aromatic carbocycles. The lowest BCUT2D eigenvalue weighted by Gasteiger charge is -2.05. The van der Waals surface area contributed by atoms with Gasteiger partial charge >= 0.3 is 0 Å². The Labute approximate surface area is 140 Å². The molecule has 1 amide bonds. The van der Waals surface area contributed by atoms with Gasteiger partial charge in [-0.1, -0.05) is 55.5 Å². The maximum absolute atomic E-state index is 12.2. The van der Waals surface area contributed by atoms with Gasteiger partial charge in [-0.3, -0.25) is 4.79 Å². The van der Waals surface area contributed by atoms with Crippen molar-refractivity contribution in [2.75, 3.05) is 0 Å². The van der Waals surface area contributed by atoms with Crippen molar-refractivity contribution in [2.45, 2.75) is 13.3 Å². The fraction of sp³-hybridized carbons (Fsp3) is 0.100. The maximum atomic E-state index is 12.2. The Bertz CT molecular complexity index is 899. The van der Waals surface area contributed by atoms with Gasteiger partial charge in [-0.2, -0.15) is 5.10 Å². The summed E-state index contributed by atoms with van der Waals surface area (Å²) >= 11 is 0. The minimum Gasteiger partial charge on any atom is -0.507 e. The fourth-order valence-corrected chi connectivity index (χ4v) is 2.48. The molecule has 3 aromatic rings. The predicted molar refractivity (Wildman–Crippen MR) is 96.5 cm³/mol. The third-order valence-corrected chi connectivity index (χ3v) is 3.88. The summed E-state index contributed by atoms with van der Waals surface area (Å²) in [6.07, 6.45) is 2.56. The molecule has 0 saturated carbocycles. The van der Waals surface area contributed by atoms with Crippen LogP contribution in [0.4, 0.5) is 0 Å². The summed E-state index contributed by atoms with van der Waals surface area (Å²) in [7, 11) is 0. The fourth-order valence-electron chi connectivity index (χ4n) is 2.48. The number of fused-ring (bicyclic) bond motifs is 1. The largest absolute Gasteiger partial charge is 0.507 e. The number of nitrogens with one attached hydrogen (secondary N) is 1. The van der Waals surface area contributed by atoms with Crippen LogP contribution in [-0.4, -0.2) is 17.2 Å². The Hall–Kier alpha value is -3.14. The Morgan fingerprint density at radius 3 is 2.42 bits per heavy atom. The quantitative estimate of drug-likeness (QED) is 0.566. The van der Waals surface area contributed by atoms with Crippen LogP contribution in [0.2, 0.25) is 0 Å². The molecule has 2 N–H and O–H groups in total. The molecule has 4 heteroatoms. The molecule has 24 heavy (non-hydrogen) atoms. The first-order valence-electron chi connectivity index (χ1n) is 7.81. The third kappa shape index (κ3) is 3.43. The van der Waals surface area contributed by atoms with E-state index in [-0.39, 0.29) is 11.3 Å². The van der Waals surface area contributed by atoms with Crippen LogP contribution >= 0.6 is 0 Å². The van der Waals surface area contributed by atoms with Crippen molar-refractivity contribution >= 4 is 22.9 Å². The molecule has 0 spiro atoms. The number of rotatable bonds is 4. The van der Waals surface area contributed by atoms with E-state index in [2.05, 4.69) is 17.5 Å². The Balaban J connectivity index is 1.74. The first-order valence-corrected chi connectivity index (χ1v) is 7.81. The summed E-state index contributed by atoms with van der Waals surface area (Å²) in [5.74, 6) is -0.506. The van der Waals surface area contributed by atoms with E-state index in [0.29, 0.717) is 0 Å². The Kier molecular flexibility index (Phi) is 4.57. The van der Waals surface area contributed by atoms with Gasteiger partial charge in [-0.05, 0) is 40.5 Å². The zero-order valence-corrected chi connectivity index (χ0v) is 13.4. The van der Waals surface area contributed by atoms with Crippen molar-refractivity contribution < 1.29 is 9.90 Å². The second kappa shape index (κ2) is 6.96. The van der Waals surface area contributed by atoms with Crippen LogP contribution in [0, 0.1) is 0 Å². The lowest BCUT2D eigenvalue weighted by Crippen LogP contribution is -2.17. The van der Waals surface area contributed by atoms with Crippen molar-refractivity contribution in [3.63, 3.8) is 0 Å². The van der Waals surface area contributed by atoms with Crippen LogP contribution in [-0.2, 0) is 6.42 Å². The van der Waals surface area contributed by atoms with Gasteiger partial charge < -0.3 is 5.11 Å². The second-order valence-electron chi connectivity index (χ2n) is 5.51. The van der Waals surface area contributed by atoms with E-state index in [9.17, 15) is 9.90 Å². The number of hydrazone groups is 1. The molecule has 0 heterocycles. The maximum Gasteiger partial charge on any atom is 0.275 e. The Morgan fingerprint density at radius 1 is 1.08 bits per heavy atom. The van der Waals surface area contributed by atoms with Crippen molar-refractivity contribution in [3.8, 4) is 5.75 Å². The zero-order valence-electron chi connectivity index (χ0n) is 13.4. The highest BCUT2D eigenvalue weighted by Gasteiger charge is 2.11. The smallest absolute Gasteiger partial charge is 0.275 e. The summed E-state index contributed by atoms with van der Waals surface area (Å²) in [5, 5.41) is 15.8. The van der Waals surface area contributed by atoms with Crippen LogP contribution < -0.4 is 5.43 Å². The predicted octanol–water partition coefficient (Wildman–Crippen LogP) is 3.87. The van der Waals surface area contributed by atoms with Crippen molar-refractivity contribution in [1.29, 1.82) is 0 Å². The summed E-state index contributed by atoms with van der Waals surface area (Å²) in [6, 6.07) is 18.7. The molecular formula is C20H18N2O2. The molecule has 0 saturated heterocycles. The van der Waals surface area contributed by atoms with Gasteiger partial charge in [-0.15, -0.1) is 0 Å². The number of benzene rings is 3. The minimum atomic E-state index is -0.445. The highest BCUT2D eigenvalue weighted by atomic mass is 16.3. The number of aromatic hydroxyl groups is 1. The topological polar surface area (TPSA) is 61.7 Å². The summed E-state index contributed by atoms with van der Waals surface area (Å²) in [4.78, 5) is 12.2. The van der Waals surface area contributed by atoms with Gasteiger partial charge in [0, 0.05) is 0 Å². The molecule has 0 fully saturated rings. The van der Waals surface area contributed by atoms with E-state index in [0.717, 1.165) is 22.8 Å². The van der Waals surface area contributed by atoms with Gasteiger partial charge in [0.2, 0.25) is 0 Å². The van der Waals surface area contributed by atoms with Crippen molar-refractivity contribution in [1.82, 2.24) is 5.43 Å². The van der Waals surface area contributed by atoms with Gasteiger partial charge in [0.15, 0.2) is 0 Å². The number of aryl methyl sites for hydroxylation is 1. The molecule has 4 nitrogen and oxygen atoms in total. The second-order valence-corrected chi connectivity index (χ2v) is 5.51. The number of phenols is 1. The normalized spacial score (nSPS) is 11.0. The summed E-state index contributed by atoms with van der Waals surface area (Å²) in [6.45, 7) is 2.10. The molecule has 0 radical (unpaired) electrons. The summed E-state index contributed by atoms with van der Waals surface area (Å²) < 4.78 is 0. The molecule has 0 aromatic heterocycles. The number of carbonyl (C=O) groups is 1. The first kappa shape index (κ1) is 15.7. The van der Waals surface area contributed by atoms with Crippen LogP contribution in [0.1, 0.15) is 28.4 Å². The van der Waals surface area contributed by atoms with Crippen LogP contribution in [0.15, 0.2) is 65.8 Å². The van der Waals surface area contributed by atoms with Crippen LogP contribution in [0.3, 0.4) is 0 Å². The molecule has 3 rings (SSSR count). The van der Waals surface area contributed by atoms with Crippen LogP contribution in [0.5, 0.6) is 5.75 Å². The van der Waals surface area contributed by atoms with E-state index in [1.807, 2.05) is 48.5 Å². The number of phenolic OH excluding ortho intramolecular Hbond substituents is 1. The highest BCUT2D eigenvalue weighted by Crippen LogP contribution is 2.24. The van der Waals surface area contributed by atoms with E-state index in [4.69, 9.17) is 0 Å². The SMILES string of the molecule is CCc1ccc(/C=N/NC(=O)c2cc3ccccc3cc2O)cc1. The van der Waals surface area contributed by atoms with E-state index >= 15 is 0 Å². The number of carbonyl (C=O) groups excluding carboxylic acids is 1. The van der Waals surface area contributed by atoms with Crippen molar-refractivity contribution in [2.24, 2.45) is 5.10 Å². The molecule has 0 aliphatic rings. The lowest BCUT2D eigenvalue weighted by atomic mass is 10.1. The van der Waals surface area contributed by atoms with Gasteiger partial charge in [0.25, 0.3) is 5.91 Å². The number of hydrogen-bond donors (Lipinski definition) is 2. The molecule has 0 aliphatic heterocycles. The third-order valence-electron chi connectivity index (χ3n) is 3.88. The highest BCUT2D eigenvalue weighted by molar-refractivity contribution is 6.01.